The van der Waals surface area contributed by atoms with Crippen LogP contribution >= 0.6 is 0 Å². The molecule has 0 fully saturated rings. The van der Waals surface area contributed by atoms with Crippen LogP contribution in [0.4, 0.5) is 0 Å². The highest BCUT2D eigenvalue weighted by atomic mass is 16.5. The summed E-state index contributed by atoms with van der Waals surface area (Å²) in [5.41, 5.74) is -0.935. The van der Waals surface area contributed by atoms with E-state index in [0.29, 0.717) is 16.9 Å². The lowest BCUT2D eigenvalue weighted by atomic mass is 9.86. The van der Waals surface area contributed by atoms with Gasteiger partial charge in [-0.2, -0.15) is 0 Å². The molecule has 0 amide bonds. The number of hydrogen-bond donors (Lipinski definition) is 1. The van der Waals surface area contributed by atoms with Crippen LogP contribution < -0.4 is 4.74 Å². The first-order valence-corrected chi connectivity index (χ1v) is 9.38. The smallest absolute Gasteiger partial charge is 0.347 e. The molecule has 0 aliphatic heterocycles. The molecule has 0 bridgehead atoms. The minimum atomic E-state index is -1.86. The molecule has 0 aromatic heterocycles. The lowest BCUT2D eigenvalue weighted by Crippen LogP contribution is -2.39. The third-order valence-corrected chi connectivity index (χ3v) is 4.74. The summed E-state index contributed by atoms with van der Waals surface area (Å²) in [6.07, 6.45) is 0.723. The number of methoxy groups -OCH3 is 1. The SMILES string of the molecule is CCN(CC)CCCOC(=O)[C@](O)(c1ccccc1)c1ccc(OC)cc1. The van der Waals surface area contributed by atoms with E-state index >= 15 is 0 Å². The molecule has 0 saturated heterocycles. The fraction of sp³-hybridized carbons (Fsp3) is 0.409. The average molecular weight is 371 g/mol. The van der Waals surface area contributed by atoms with Gasteiger partial charge in [0.05, 0.1) is 13.7 Å². The van der Waals surface area contributed by atoms with E-state index in [0.717, 1.165) is 26.1 Å². The van der Waals surface area contributed by atoms with Crippen molar-refractivity contribution in [2.75, 3.05) is 33.4 Å². The third-order valence-electron chi connectivity index (χ3n) is 4.74. The Morgan fingerprint density at radius 1 is 1.00 bits per heavy atom. The first kappa shape index (κ1) is 20.9. The number of carbonyl (C=O) groups excluding carboxylic acids is 1. The van der Waals surface area contributed by atoms with Crippen LogP contribution in [0.2, 0.25) is 0 Å². The summed E-state index contributed by atoms with van der Waals surface area (Å²) >= 11 is 0. The van der Waals surface area contributed by atoms with E-state index in [1.54, 1.807) is 55.6 Å². The van der Waals surface area contributed by atoms with Crippen molar-refractivity contribution in [3.8, 4) is 5.75 Å². The molecule has 0 aliphatic carbocycles. The normalized spacial score (nSPS) is 13.2. The van der Waals surface area contributed by atoms with E-state index in [1.165, 1.54) is 0 Å². The fourth-order valence-electron chi connectivity index (χ4n) is 3.01. The van der Waals surface area contributed by atoms with Crippen molar-refractivity contribution in [3.63, 3.8) is 0 Å². The van der Waals surface area contributed by atoms with E-state index in [-0.39, 0.29) is 6.61 Å². The predicted molar refractivity (Wildman–Crippen MR) is 106 cm³/mol. The molecule has 0 unspecified atom stereocenters. The Labute approximate surface area is 161 Å². The number of ether oxygens (including phenoxy) is 2. The van der Waals surface area contributed by atoms with Gasteiger partial charge < -0.3 is 19.5 Å². The van der Waals surface area contributed by atoms with Crippen LogP contribution in [0.5, 0.6) is 5.75 Å². The molecule has 0 aliphatic rings. The van der Waals surface area contributed by atoms with Crippen molar-refractivity contribution in [1.82, 2.24) is 4.90 Å². The van der Waals surface area contributed by atoms with Gasteiger partial charge >= 0.3 is 5.97 Å². The number of esters is 1. The zero-order chi connectivity index (χ0) is 19.7. The van der Waals surface area contributed by atoms with Gasteiger partial charge in [0.15, 0.2) is 0 Å². The summed E-state index contributed by atoms with van der Waals surface area (Å²) in [7, 11) is 1.57. The van der Waals surface area contributed by atoms with Gasteiger partial charge in [-0.3, -0.25) is 0 Å². The number of hydrogen-bond acceptors (Lipinski definition) is 5. The molecule has 146 valence electrons. The molecular formula is C22H29NO4. The molecule has 0 saturated carbocycles. The Morgan fingerprint density at radius 2 is 1.59 bits per heavy atom. The first-order chi connectivity index (χ1) is 13.1. The molecule has 5 nitrogen and oxygen atoms in total. The number of rotatable bonds is 10. The van der Waals surface area contributed by atoms with Gasteiger partial charge in [0.25, 0.3) is 0 Å². The molecule has 0 radical (unpaired) electrons. The van der Waals surface area contributed by atoms with Gasteiger partial charge in [0, 0.05) is 6.54 Å². The molecule has 27 heavy (non-hydrogen) atoms. The lowest BCUT2D eigenvalue weighted by molar-refractivity contribution is -0.162. The maximum absolute atomic E-state index is 12.9. The largest absolute Gasteiger partial charge is 0.497 e. The first-order valence-electron chi connectivity index (χ1n) is 9.38. The predicted octanol–water partition coefficient (Wildman–Crippen LogP) is 3.21. The van der Waals surface area contributed by atoms with Gasteiger partial charge in [0.1, 0.15) is 5.75 Å². The van der Waals surface area contributed by atoms with Crippen molar-refractivity contribution in [2.24, 2.45) is 0 Å². The summed E-state index contributed by atoms with van der Waals surface area (Å²) in [6, 6.07) is 15.7. The highest BCUT2D eigenvalue weighted by molar-refractivity contribution is 5.85. The second-order valence-corrected chi connectivity index (χ2v) is 6.32. The second kappa shape index (κ2) is 10.1. The molecule has 1 atom stereocenters. The number of aliphatic hydroxyl groups is 1. The van der Waals surface area contributed by atoms with E-state index in [1.807, 2.05) is 6.07 Å². The summed E-state index contributed by atoms with van der Waals surface area (Å²) in [6.45, 7) is 7.25. The van der Waals surface area contributed by atoms with Crippen molar-refractivity contribution < 1.29 is 19.4 Å². The summed E-state index contributed by atoms with van der Waals surface area (Å²) in [5.74, 6) is -0.0137. The molecule has 2 aromatic carbocycles. The molecule has 2 rings (SSSR count). The molecule has 1 N–H and O–H groups in total. The van der Waals surface area contributed by atoms with Crippen molar-refractivity contribution >= 4 is 5.97 Å². The van der Waals surface area contributed by atoms with Crippen LogP contribution in [0, 0.1) is 0 Å². The standard InChI is InChI=1S/C22H29NO4/c1-4-23(5-2)16-9-17-27-21(24)22(25,18-10-7-6-8-11-18)19-12-14-20(26-3)15-13-19/h6-8,10-15,25H,4-5,9,16-17H2,1-3H3/t22-/m0/s1. The van der Waals surface area contributed by atoms with Crippen LogP contribution in [-0.4, -0.2) is 49.3 Å². The van der Waals surface area contributed by atoms with Crippen LogP contribution in [0.15, 0.2) is 54.6 Å². The zero-order valence-corrected chi connectivity index (χ0v) is 16.4. The van der Waals surface area contributed by atoms with Crippen molar-refractivity contribution in [3.05, 3.63) is 65.7 Å². The van der Waals surface area contributed by atoms with E-state index < -0.39 is 11.6 Å². The zero-order valence-electron chi connectivity index (χ0n) is 16.4. The van der Waals surface area contributed by atoms with Crippen LogP contribution in [0.3, 0.4) is 0 Å². The monoisotopic (exact) mass is 371 g/mol. The van der Waals surface area contributed by atoms with Gasteiger partial charge in [-0.05, 0) is 42.8 Å². The third kappa shape index (κ3) is 5.08. The Morgan fingerprint density at radius 3 is 2.15 bits per heavy atom. The van der Waals surface area contributed by atoms with Gasteiger partial charge in [0.2, 0.25) is 5.60 Å². The van der Waals surface area contributed by atoms with Gasteiger partial charge in [-0.1, -0.05) is 56.3 Å². The van der Waals surface area contributed by atoms with E-state index in [9.17, 15) is 9.90 Å². The Hall–Kier alpha value is -2.37. The minimum Gasteiger partial charge on any atom is -0.497 e. The Balaban J connectivity index is 2.18. The molecule has 5 heteroatoms. The molecule has 0 spiro atoms. The van der Waals surface area contributed by atoms with Crippen molar-refractivity contribution in [1.29, 1.82) is 0 Å². The quantitative estimate of drug-likeness (QED) is 0.513. The van der Waals surface area contributed by atoms with Crippen LogP contribution in [0.1, 0.15) is 31.4 Å². The summed E-state index contributed by atoms with van der Waals surface area (Å²) in [5, 5.41) is 11.4. The second-order valence-electron chi connectivity index (χ2n) is 6.32. The van der Waals surface area contributed by atoms with Crippen LogP contribution in [-0.2, 0) is 15.1 Å². The number of nitrogens with zero attached hydrogens (tertiary/aromatic N) is 1. The highest BCUT2D eigenvalue weighted by Crippen LogP contribution is 2.32. The number of carbonyl (C=O) groups is 1. The molecule has 0 heterocycles. The van der Waals surface area contributed by atoms with Gasteiger partial charge in [-0.15, -0.1) is 0 Å². The maximum Gasteiger partial charge on any atom is 0.347 e. The van der Waals surface area contributed by atoms with Gasteiger partial charge in [-0.25, -0.2) is 4.79 Å². The Kier molecular flexibility index (Phi) is 7.82. The number of benzene rings is 2. The lowest BCUT2D eigenvalue weighted by Gasteiger charge is -2.27. The topological polar surface area (TPSA) is 59.0 Å². The fourth-order valence-corrected chi connectivity index (χ4v) is 3.01. The highest BCUT2D eigenvalue weighted by Gasteiger charge is 2.41. The molecule has 2 aromatic rings. The average Bonchev–Trinajstić information content (AvgIpc) is 2.73. The maximum atomic E-state index is 12.9. The Bertz CT molecular complexity index is 698. The molecular weight excluding hydrogens is 342 g/mol. The summed E-state index contributed by atoms with van der Waals surface area (Å²) in [4.78, 5) is 15.2. The van der Waals surface area contributed by atoms with Crippen molar-refractivity contribution in [2.45, 2.75) is 25.9 Å². The van der Waals surface area contributed by atoms with Crippen LogP contribution in [0.25, 0.3) is 0 Å². The summed E-state index contributed by atoms with van der Waals surface area (Å²) < 4.78 is 10.6. The van der Waals surface area contributed by atoms with E-state index in [4.69, 9.17) is 9.47 Å². The van der Waals surface area contributed by atoms with E-state index in [2.05, 4.69) is 18.7 Å². The minimum absolute atomic E-state index is 0.265.